The number of anilines is 2. The summed E-state index contributed by atoms with van der Waals surface area (Å²) in [7, 11) is 0. The molecule has 30 heavy (non-hydrogen) atoms. The lowest BCUT2D eigenvalue weighted by atomic mass is 9.85. The van der Waals surface area contributed by atoms with Crippen LogP contribution in [0.2, 0.25) is 0 Å². The molecule has 2 fully saturated rings. The molecule has 5 nitrogen and oxygen atoms in total. The van der Waals surface area contributed by atoms with E-state index < -0.39 is 0 Å². The molecule has 2 aromatic rings. The number of allylic oxidation sites excluding steroid dienone is 2. The van der Waals surface area contributed by atoms with Crippen LogP contribution in [-0.4, -0.2) is 24.3 Å². The van der Waals surface area contributed by atoms with Crippen LogP contribution >= 0.6 is 0 Å². The number of aryl methyl sites for hydroxylation is 1. The number of nitrogens with zero attached hydrogens (tertiary/aromatic N) is 2. The maximum absolute atomic E-state index is 13.3. The SMILES string of the molecule is O=C(c1cccc(N2C(=O)[C@H]3[C@H](C2=O)[C@H]2C=C[C@H]3C2)c1)N1CCCc2ccccc21. The van der Waals surface area contributed by atoms with Crippen molar-refractivity contribution >= 4 is 29.1 Å². The molecule has 2 aliphatic carbocycles. The molecule has 0 unspecified atom stereocenters. The normalized spacial score (nSPS) is 28.8. The van der Waals surface area contributed by atoms with E-state index in [1.807, 2.05) is 23.1 Å². The molecule has 1 saturated heterocycles. The molecular weight excluding hydrogens is 376 g/mol. The molecule has 0 N–H and O–H groups in total. The quantitative estimate of drug-likeness (QED) is 0.574. The van der Waals surface area contributed by atoms with Gasteiger partial charge in [-0.05, 0) is 60.9 Å². The van der Waals surface area contributed by atoms with Crippen molar-refractivity contribution in [2.24, 2.45) is 23.7 Å². The maximum Gasteiger partial charge on any atom is 0.258 e. The summed E-state index contributed by atoms with van der Waals surface area (Å²) >= 11 is 0. The summed E-state index contributed by atoms with van der Waals surface area (Å²) in [6.45, 7) is 0.667. The average molecular weight is 398 g/mol. The van der Waals surface area contributed by atoms with E-state index in [0.717, 1.165) is 24.9 Å². The molecule has 2 aromatic carbocycles. The Morgan fingerprint density at radius 3 is 2.40 bits per heavy atom. The van der Waals surface area contributed by atoms with Gasteiger partial charge in [-0.2, -0.15) is 0 Å². The summed E-state index contributed by atoms with van der Waals surface area (Å²) in [4.78, 5) is 42.7. The lowest BCUT2D eigenvalue weighted by Crippen LogP contribution is -2.36. The number of rotatable bonds is 2. The summed E-state index contributed by atoms with van der Waals surface area (Å²) in [5.41, 5.74) is 3.14. The number of hydrogen-bond acceptors (Lipinski definition) is 3. The zero-order valence-corrected chi connectivity index (χ0v) is 16.5. The predicted molar refractivity (Wildman–Crippen MR) is 113 cm³/mol. The van der Waals surface area contributed by atoms with Gasteiger partial charge >= 0.3 is 0 Å². The molecule has 4 aliphatic rings. The number of carbonyl (C=O) groups is 3. The third kappa shape index (κ3) is 2.38. The highest BCUT2D eigenvalue weighted by molar-refractivity contribution is 6.23. The Bertz CT molecular complexity index is 1090. The number of amides is 3. The van der Waals surface area contributed by atoms with E-state index in [9.17, 15) is 14.4 Å². The van der Waals surface area contributed by atoms with Crippen molar-refractivity contribution in [3.05, 3.63) is 71.8 Å². The third-order valence-electron chi connectivity index (χ3n) is 7.18. The summed E-state index contributed by atoms with van der Waals surface area (Å²) < 4.78 is 0. The lowest BCUT2D eigenvalue weighted by Gasteiger charge is -2.29. The molecule has 2 heterocycles. The topological polar surface area (TPSA) is 57.7 Å². The van der Waals surface area contributed by atoms with Crippen molar-refractivity contribution in [3.8, 4) is 0 Å². The van der Waals surface area contributed by atoms with Crippen LogP contribution in [0.5, 0.6) is 0 Å². The van der Waals surface area contributed by atoms with Gasteiger partial charge in [0.25, 0.3) is 5.91 Å². The minimum Gasteiger partial charge on any atom is -0.308 e. The number of benzene rings is 2. The van der Waals surface area contributed by atoms with Crippen LogP contribution in [0.25, 0.3) is 0 Å². The van der Waals surface area contributed by atoms with Gasteiger partial charge in [0.15, 0.2) is 0 Å². The summed E-state index contributed by atoms with van der Waals surface area (Å²) in [5.74, 6) is -0.441. The Morgan fingerprint density at radius 1 is 0.900 bits per heavy atom. The van der Waals surface area contributed by atoms with Crippen LogP contribution in [0.3, 0.4) is 0 Å². The molecule has 0 spiro atoms. The molecular formula is C25H22N2O3. The van der Waals surface area contributed by atoms with Gasteiger partial charge in [0, 0.05) is 17.8 Å². The fraction of sp³-hybridized carbons (Fsp3) is 0.320. The zero-order chi connectivity index (χ0) is 20.4. The van der Waals surface area contributed by atoms with Crippen molar-refractivity contribution in [2.75, 3.05) is 16.3 Å². The van der Waals surface area contributed by atoms with Gasteiger partial charge in [-0.1, -0.05) is 36.4 Å². The molecule has 0 radical (unpaired) electrons. The Morgan fingerprint density at radius 2 is 1.63 bits per heavy atom. The van der Waals surface area contributed by atoms with Crippen LogP contribution in [-0.2, 0) is 16.0 Å². The monoisotopic (exact) mass is 398 g/mol. The van der Waals surface area contributed by atoms with Crippen molar-refractivity contribution in [3.63, 3.8) is 0 Å². The first-order valence-corrected chi connectivity index (χ1v) is 10.7. The van der Waals surface area contributed by atoms with Crippen LogP contribution in [0.15, 0.2) is 60.7 Å². The third-order valence-corrected chi connectivity index (χ3v) is 7.18. The maximum atomic E-state index is 13.3. The fourth-order valence-electron chi connectivity index (χ4n) is 5.84. The van der Waals surface area contributed by atoms with Gasteiger partial charge in [-0.3, -0.25) is 14.4 Å². The smallest absolute Gasteiger partial charge is 0.258 e. The zero-order valence-electron chi connectivity index (χ0n) is 16.5. The van der Waals surface area contributed by atoms with Crippen molar-refractivity contribution < 1.29 is 14.4 Å². The standard InChI is InChI=1S/C25H22N2O3/c28-23(26-12-4-7-15-5-1-2-9-20(15)26)18-6-3-8-19(14-18)27-24(29)21-16-10-11-17(13-16)22(21)25(27)30/h1-3,5-6,8-11,14,16-17,21-22H,4,7,12-13H2/t16-,17-,21+,22+/m0/s1. The number of fused-ring (bicyclic) bond motifs is 6. The summed E-state index contributed by atoms with van der Waals surface area (Å²) in [6, 6.07) is 15.0. The van der Waals surface area contributed by atoms with Crippen LogP contribution in [0.1, 0.15) is 28.8 Å². The van der Waals surface area contributed by atoms with Gasteiger partial charge in [-0.25, -0.2) is 4.90 Å². The predicted octanol–water partition coefficient (Wildman–Crippen LogP) is 3.59. The van der Waals surface area contributed by atoms with E-state index in [4.69, 9.17) is 0 Å². The van der Waals surface area contributed by atoms with Crippen LogP contribution in [0, 0.1) is 23.7 Å². The van der Waals surface area contributed by atoms with E-state index in [1.54, 1.807) is 24.3 Å². The van der Waals surface area contributed by atoms with E-state index in [0.29, 0.717) is 17.8 Å². The Hall–Kier alpha value is -3.21. The fourth-order valence-corrected chi connectivity index (χ4v) is 5.84. The first kappa shape index (κ1) is 17.6. The van der Waals surface area contributed by atoms with E-state index in [-0.39, 0.29) is 41.4 Å². The first-order valence-electron chi connectivity index (χ1n) is 10.7. The molecule has 3 amide bonds. The number of imide groups is 1. The second-order valence-electron chi connectivity index (χ2n) is 8.75. The molecule has 2 bridgehead atoms. The van der Waals surface area contributed by atoms with Gasteiger partial charge < -0.3 is 4.90 Å². The Labute approximate surface area is 175 Å². The molecule has 1 saturated carbocycles. The first-order chi connectivity index (χ1) is 14.6. The highest BCUT2D eigenvalue weighted by Crippen LogP contribution is 2.53. The average Bonchev–Trinajstić information content (AvgIpc) is 3.46. The largest absolute Gasteiger partial charge is 0.308 e. The van der Waals surface area contributed by atoms with Crippen molar-refractivity contribution in [1.29, 1.82) is 0 Å². The highest BCUT2D eigenvalue weighted by atomic mass is 16.2. The Balaban J connectivity index is 1.32. The van der Waals surface area contributed by atoms with Gasteiger partial charge in [0.2, 0.25) is 11.8 Å². The van der Waals surface area contributed by atoms with Gasteiger partial charge in [0.05, 0.1) is 17.5 Å². The molecule has 150 valence electrons. The van der Waals surface area contributed by atoms with Crippen LogP contribution < -0.4 is 9.80 Å². The van der Waals surface area contributed by atoms with Gasteiger partial charge in [0.1, 0.15) is 0 Å². The molecule has 5 heteroatoms. The molecule has 2 aliphatic heterocycles. The van der Waals surface area contributed by atoms with E-state index in [1.165, 1.54) is 10.5 Å². The summed E-state index contributed by atoms with van der Waals surface area (Å²) in [6.07, 6.45) is 6.98. The highest BCUT2D eigenvalue weighted by Gasteiger charge is 2.59. The molecule has 4 atom stereocenters. The lowest BCUT2D eigenvalue weighted by molar-refractivity contribution is -0.123. The van der Waals surface area contributed by atoms with E-state index in [2.05, 4.69) is 18.2 Å². The van der Waals surface area contributed by atoms with Crippen molar-refractivity contribution in [2.45, 2.75) is 19.3 Å². The number of carbonyl (C=O) groups excluding carboxylic acids is 3. The number of para-hydroxylation sites is 1. The van der Waals surface area contributed by atoms with Crippen molar-refractivity contribution in [1.82, 2.24) is 0 Å². The molecule has 0 aromatic heterocycles. The minimum atomic E-state index is -0.235. The second-order valence-corrected chi connectivity index (χ2v) is 8.75. The summed E-state index contributed by atoms with van der Waals surface area (Å²) in [5, 5.41) is 0. The molecule has 6 rings (SSSR count). The van der Waals surface area contributed by atoms with E-state index >= 15 is 0 Å². The van der Waals surface area contributed by atoms with Gasteiger partial charge in [-0.15, -0.1) is 0 Å². The Kier molecular flexibility index (Phi) is 3.76. The minimum absolute atomic E-state index is 0.0926. The number of hydrogen-bond donors (Lipinski definition) is 0. The van der Waals surface area contributed by atoms with Crippen LogP contribution in [0.4, 0.5) is 11.4 Å². The second kappa shape index (κ2) is 6.39.